The smallest absolute Gasteiger partial charge is 0.269 e. The minimum absolute atomic E-state index is 0.143. The minimum atomic E-state index is -4.05. The maximum Gasteiger partial charge on any atom is 0.269 e. The van der Waals surface area contributed by atoms with Crippen LogP contribution in [0.1, 0.15) is 32.2 Å². The van der Waals surface area contributed by atoms with E-state index in [1.165, 1.54) is 26.5 Å². The van der Waals surface area contributed by atoms with Gasteiger partial charge in [-0.25, -0.2) is 26.7 Å². The van der Waals surface area contributed by atoms with Gasteiger partial charge in [0.25, 0.3) is 18.3 Å². The van der Waals surface area contributed by atoms with Gasteiger partial charge in [0.1, 0.15) is 5.82 Å². The van der Waals surface area contributed by atoms with Crippen molar-refractivity contribution in [2.45, 2.75) is 43.5 Å². The van der Waals surface area contributed by atoms with Gasteiger partial charge in [-0.05, 0) is 75.9 Å². The van der Waals surface area contributed by atoms with Crippen LogP contribution < -0.4 is 10.4 Å². The van der Waals surface area contributed by atoms with Gasteiger partial charge >= 0.3 is 0 Å². The molecule has 8 rings (SSSR count). The number of aromatic nitrogens is 3. The first-order valence-electron chi connectivity index (χ1n) is 19.0. The monoisotopic (exact) mass is 807 g/mol. The number of hydrogen-bond acceptors (Lipinski definition) is 6. The van der Waals surface area contributed by atoms with Crippen LogP contribution in [-0.2, 0) is 20.9 Å². The summed E-state index contributed by atoms with van der Waals surface area (Å²) in [7, 11) is -6.77. The van der Waals surface area contributed by atoms with Crippen LogP contribution in [-0.4, -0.2) is 37.3 Å². The van der Waals surface area contributed by atoms with Crippen LogP contribution in [0.25, 0.3) is 44.0 Å². The molecule has 0 aliphatic rings. The number of fused-ring (bicyclic) bond motifs is 1. The Morgan fingerprint density at radius 2 is 1.32 bits per heavy atom. The van der Waals surface area contributed by atoms with E-state index in [1.54, 1.807) is 60.0 Å². The largest absolute Gasteiger partial charge is 0.407 e. The Bertz CT molecular complexity index is 2700. The number of rotatable bonds is 12. The molecular weight excluding hydrogens is 766 g/mol. The van der Waals surface area contributed by atoms with E-state index in [1.807, 2.05) is 54.6 Å². The van der Waals surface area contributed by atoms with Crippen molar-refractivity contribution < 1.29 is 17.2 Å². The molecule has 0 saturated heterocycles. The van der Waals surface area contributed by atoms with Gasteiger partial charge in [-0.3, -0.25) is 0 Å². The lowest BCUT2D eigenvalue weighted by Crippen LogP contribution is -2.66. The first-order chi connectivity index (χ1) is 27.6. The summed E-state index contributed by atoms with van der Waals surface area (Å²) in [5, 5.41) is 3.90. The van der Waals surface area contributed by atoms with E-state index in [0.717, 1.165) is 33.0 Å². The molecule has 0 fully saturated rings. The second-order valence-corrected chi connectivity index (χ2v) is 22.2. The van der Waals surface area contributed by atoms with E-state index in [4.69, 9.17) is 9.41 Å². The van der Waals surface area contributed by atoms with Crippen molar-refractivity contribution in [1.29, 1.82) is 0 Å². The molecule has 0 N–H and O–H groups in total. The summed E-state index contributed by atoms with van der Waals surface area (Å²) in [4.78, 5) is 10.9. The standard InChI is InChI=1S/C47H42FN3O3S2Si/c1-47(2,3)57(38-21-12-6-13-22-38,39-23-14-7-15-24-39)54-32-16-25-43-50-44(35-26-28-36(48)29-27-35)45(55-43)40-30-31-49-46-41(40)33-42(34-17-8-4-9-18-34)51(46)56(52,53)37-19-10-5-11-20-37/h4-15,17-24,26-31,33H,16,25,32H2,1-3H3. The first-order valence-corrected chi connectivity index (χ1v) is 23.1. The molecule has 8 aromatic rings. The Hall–Kier alpha value is -5.52. The van der Waals surface area contributed by atoms with E-state index >= 15 is 0 Å². The highest BCUT2D eigenvalue weighted by atomic mass is 32.2. The zero-order valence-corrected chi connectivity index (χ0v) is 34.6. The molecule has 0 unspecified atom stereocenters. The van der Waals surface area contributed by atoms with Crippen LogP contribution in [0.2, 0.25) is 5.04 Å². The van der Waals surface area contributed by atoms with E-state index < -0.39 is 18.3 Å². The molecule has 0 spiro atoms. The predicted octanol–water partition coefficient (Wildman–Crippen LogP) is 10.4. The molecule has 10 heteroatoms. The fourth-order valence-electron chi connectivity index (χ4n) is 7.69. The van der Waals surface area contributed by atoms with Crippen LogP contribution >= 0.6 is 11.3 Å². The number of pyridine rings is 1. The number of nitrogens with zero attached hydrogens (tertiary/aromatic N) is 3. The molecule has 5 aromatic carbocycles. The minimum Gasteiger partial charge on any atom is -0.407 e. The number of halogens is 1. The summed E-state index contributed by atoms with van der Waals surface area (Å²) in [6, 6.07) is 49.3. The second kappa shape index (κ2) is 15.8. The van der Waals surface area contributed by atoms with Crippen molar-refractivity contribution >= 4 is 51.1 Å². The van der Waals surface area contributed by atoms with Crippen LogP contribution in [0.15, 0.2) is 169 Å². The molecule has 6 nitrogen and oxygen atoms in total. The van der Waals surface area contributed by atoms with E-state index in [0.29, 0.717) is 35.4 Å². The third-order valence-electron chi connectivity index (χ3n) is 10.3. The Kier molecular flexibility index (Phi) is 10.6. The van der Waals surface area contributed by atoms with E-state index in [2.05, 4.69) is 74.3 Å². The van der Waals surface area contributed by atoms with Crippen molar-refractivity contribution in [2.24, 2.45) is 0 Å². The lowest BCUT2D eigenvalue weighted by molar-refractivity contribution is 0.292. The Morgan fingerprint density at radius 1 is 0.737 bits per heavy atom. The molecule has 0 saturated carbocycles. The molecule has 3 heterocycles. The van der Waals surface area contributed by atoms with Gasteiger partial charge in [0.05, 0.1) is 26.2 Å². The maximum absolute atomic E-state index is 14.4. The molecule has 0 amide bonds. The van der Waals surface area contributed by atoms with Gasteiger partial charge in [0.15, 0.2) is 5.65 Å². The molecule has 0 radical (unpaired) electrons. The summed E-state index contributed by atoms with van der Waals surface area (Å²) in [6.45, 7) is 7.36. The van der Waals surface area contributed by atoms with Gasteiger partial charge in [-0.2, -0.15) is 0 Å². The summed E-state index contributed by atoms with van der Waals surface area (Å²) in [5.41, 5.74) is 3.82. The zero-order chi connectivity index (χ0) is 39.6. The molecule has 57 heavy (non-hydrogen) atoms. The van der Waals surface area contributed by atoms with E-state index in [9.17, 15) is 12.8 Å². The fourth-order valence-corrected chi connectivity index (χ4v) is 15.0. The van der Waals surface area contributed by atoms with Crippen molar-refractivity contribution in [2.75, 3.05) is 6.61 Å². The third-order valence-corrected chi connectivity index (χ3v) is 18.2. The summed E-state index contributed by atoms with van der Waals surface area (Å²) in [5.74, 6) is -0.335. The van der Waals surface area contributed by atoms with Crippen molar-refractivity contribution in [1.82, 2.24) is 13.9 Å². The highest BCUT2D eigenvalue weighted by Gasteiger charge is 2.50. The number of hydrogen-bond donors (Lipinski definition) is 0. The molecule has 0 aliphatic heterocycles. The second-order valence-electron chi connectivity index (χ2n) is 15.0. The number of benzene rings is 5. The lowest BCUT2D eigenvalue weighted by atomic mass is 10.0. The average molecular weight is 808 g/mol. The summed E-state index contributed by atoms with van der Waals surface area (Å²) < 4.78 is 51.6. The predicted molar refractivity (Wildman–Crippen MR) is 233 cm³/mol. The number of aryl methyl sites for hydroxylation is 1. The molecule has 0 bridgehead atoms. The Labute approximate surface area is 338 Å². The molecule has 0 aliphatic carbocycles. The zero-order valence-electron chi connectivity index (χ0n) is 32.0. The van der Waals surface area contributed by atoms with Gasteiger partial charge < -0.3 is 4.43 Å². The quantitative estimate of drug-likeness (QED) is 0.0908. The highest BCUT2D eigenvalue weighted by Crippen LogP contribution is 2.43. The summed E-state index contributed by atoms with van der Waals surface area (Å²) >= 11 is 1.56. The van der Waals surface area contributed by atoms with Crippen LogP contribution in [0.5, 0.6) is 0 Å². The maximum atomic E-state index is 14.4. The molecule has 286 valence electrons. The lowest BCUT2D eigenvalue weighted by Gasteiger charge is -2.43. The molecule has 0 atom stereocenters. The van der Waals surface area contributed by atoms with Crippen molar-refractivity contribution in [3.8, 4) is 33.0 Å². The van der Waals surface area contributed by atoms with Crippen LogP contribution in [0.4, 0.5) is 4.39 Å². The molecular formula is C47H42FN3O3S2Si. The van der Waals surface area contributed by atoms with Crippen LogP contribution in [0, 0.1) is 5.82 Å². The topological polar surface area (TPSA) is 74.1 Å². The summed E-state index contributed by atoms with van der Waals surface area (Å²) in [6.07, 6.45) is 3.04. The molecule has 3 aromatic heterocycles. The average Bonchev–Trinajstić information content (AvgIpc) is 3.85. The SMILES string of the molecule is CC(C)(C)[Si](OCCCc1nc(-c2ccc(F)cc2)c(-c2ccnc3c2cc(-c2ccccc2)n3S(=O)(=O)c2ccccc2)s1)(c1ccccc1)c1ccccc1. The first kappa shape index (κ1) is 38.4. The van der Waals surface area contributed by atoms with Crippen molar-refractivity contribution in [3.63, 3.8) is 0 Å². The third kappa shape index (κ3) is 7.30. The Balaban J connectivity index is 1.20. The number of thiazole rings is 1. The normalized spacial score (nSPS) is 12.3. The fraction of sp³-hybridized carbons (Fsp3) is 0.149. The van der Waals surface area contributed by atoms with E-state index in [-0.39, 0.29) is 15.8 Å². The van der Waals surface area contributed by atoms with Gasteiger partial charge in [0, 0.05) is 35.7 Å². The van der Waals surface area contributed by atoms with Gasteiger partial charge in [0.2, 0.25) is 0 Å². The highest BCUT2D eigenvalue weighted by molar-refractivity contribution is 7.90. The van der Waals surface area contributed by atoms with Gasteiger partial charge in [-0.1, -0.05) is 130 Å². The Morgan fingerprint density at radius 3 is 1.91 bits per heavy atom. The van der Waals surface area contributed by atoms with Crippen LogP contribution in [0.3, 0.4) is 0 Å². The van der Waals surface area contributed by atoms with Crippen molar-refractivity contribution in [3.05, 3.63) is 175 Å². The van der Waals surface area contributed by atoms with Gasteiger partial charge in [-0.15, -0.1) is 11.3 Å².